The predicted octanol–water partition coefficient (Wildman–Crippen LogP) is -0.529. The van der Waals surface area contributed by atoms with E-state index < -0.39 is 30.0 Å². The summed E-state index contributed by atoms with van der Waals surface area (Å²) >= 11 is 0. The van der Waals surface area contributed by atoms with Crippen LogP contribution in [0.3, 0.4) is 0 Å². The highest BCUT2D eigenvalue weighted by Gasteiger charge is 2.48. The Labute approximate surface area is 71.8 Å². The lowest BCUT2D eigenvalue weighted by Gasteiger charge is -2.45. The maximum absolute atomic E-state index is 9.76. The SMILES string of the molecule is C[C@@H]1O[C@H](O)[C@@H](C)[C@](C)(O)[C@H]1O. The zero-order valence-corrected chi connectivity index (χ0v) is 7.56. The van der Waals surface area contributed by atoms with E-state index in [2.05, 4.69) is 0 Å². The minimum absolute atomic E-state index is 0.483. The van der Waals surface area contributed by atoms with Gasteiger partial charge in [0.1, 0.15) is 6.10 Å². The molecular weight excluding hydrogens is 160 g/mol. The summed E-state index contributed by atoms with van der Waals surface area (Å²) in [6, 6.07) is 0. The Morgan fingerprint density at radius 1 is 1.25 bits per heavy atom. The molecule has 0 unspecified atom stereocenters. The van der Waals surface area contributed by atoms with Crippen LogP contribution in [-0.4, -0.2) is 39.4 Å². The molecule has 4 nitrogen and oxygen atoms in total. The van der Waals surface area contributed by atoms with Crippen LogP contribution in [0.25, 0.3) is 0 Å². The first kappa shape index (κ1) is 9.92. The molecule has 0 aliphatic carbocycles. The molecule has 1 aliphatic heterocycles. The van der Waals surface area contributed by atoms with Gasteiger partial charge < -0.3 is 20.1 Å². The van der Waals surface area contributed by atoms with Crippen LogP contribution in [0.4, 0.5) is 0 Å². The molecule has 5 atom stereocenters. The molecule has 4 heteroatoms. The Hall–Kier alpha value is -0.160. The van der Waals surface area contributed by atoms with Gasteiger partial charge in [-0.25, -0.2) is 0 Å². The molecule has 0 amide bonds. The van der Waals surface area contributed by atoms with Crippen molar-refractivity contribution < 1.29 is 20.1 Å². The van der Waals surface area contributed by atoms with Crippen LogP contribution in [0.5, 0.6) is 0 Å². The van der Waals surface area contributed by atoms with Gasteiger partial charge in [-0.1, -0.05) is 6.92 Å². The van der Waals surface area contributed by atoms with Crippen molar-refractivity contribution in [2.45, 2.75) is 44.9 Å². The quantitative estimate of drug-likeness (QED) is 0.464. The molecule has 0 saturated carbocycles. The van der Waals surface area contributed by atoms with Crippen LogP contribution in [0.15, 0.2) is 0 Å². The first-order valence-corrected chi connectivity index (χ1v) is 4.11. The van der Waals surface area contributed by atoms with E-state index in [4.69, 9.17) is 4.74 Å². The summed E-state index contributed by atoms with van der Waals surface area (Å²) < 4.78 is 4.99. The summed E-state index contributed by atoms with van der Waals surface area (Å²) in [5.41, 5.74) is -1.28. The number of aliphatic hydroxyl groups excluding tert-OH is 2. The molecule has 0 radical (unpaired) electrons. The normalized spacial score (nSPS) is 55.5. The zero-order valence-electron chi connectivity index (χ0n) is 7.56. The van der Waals surface area contributed by atoms with Crippen LogP contribution in [0.2, 0.25) is 0 Å². The summed E-state index contributed by atoms with van der Waals surface area (Å²) in [7, 11) is 0. The van der Waals surface area contributed by atoms with Crippen LogP contribution in [0, 0.1) is 5.92 Å². The van der Waals surface area contributed by atoms with Crippen molar-refractivity contribution in [2.24, 2.45) is 5.92 Å². The monoisotopic (exact) mass is 176 g/mol. The van der Waals surface area contributed by atoms with Gasteiger partial charge in [0.2, 0.25) is 0 Å². The summed E-state index contributed by atoms with van der Waals surface area (Å²) in [5, 5.41) is 28.6. The van der Waals surface area contributed by atoms with Gasteiger partial charge >= 0.3 is 0 Å². The third-order valence-electron chi connectivity index (χ3n) is 2.75. The second-order valence-electron chi connectivity index (χ2n) is 3.69. The van der Waals surface area contributed by atoms with Gasteiger partial charge in [0.15, 0.2) is 6.29 Å². The first-order valence-electron chi connectivity index (χ1n) is 4.11. The summed E-state index contributed by atoms with van der Waals surface area (Å²) in [6.45, 7) is 4.76. The fraction of sp³-hybridized carbons (Fsp3) is 1.00. The van der Waals surface area contributed by atoms with Crippen LogP contribution in [-0.2, 0) is 4.74 Å². The van der Waals surface area contributed by atoms with Gasteiger partial charge in [0.25, 0.3) is 0 Å². The van der Waals surface area contributed by atoms with Crippen LogP contribution < -0.4 is 0 Å². The van der Waals surface area contributed by atoms with Gasteiger partial charge in [0, 0.05) is 5.92 Å². The van der Waals surface area contributed by atoms with E-state index in [0.29, 0.717) is 0 Å². The summed E-state index contributed by atoms with van der Waals surface area (Å²) in [6.07, 6.45) is -2.49. The molecule has 0 spiro atoms. The van der Waals surface area contributed by atoms with Crippen molar-refractivity contribution in [1.82, 2.24) is 0 Å². The highest BCUT2D eigenvalue weighted by atomic mass is 16.6. The van der Waals surface area contributed by atoms with E-state index >= 15 is 0 Å². The summed E-state index contributed by atoms with van der Waals surface area (Å²) in [5.74, 6) is -0.483. The maximum atomic E-state index is 9.76. The zero-order chi connectivity index (χ0) is 9.52. The molecule has 0 aromatic carbocycles. The molecule has 0 bridgehead atoms. The van der Waals surface area contributed by atoms with Crippen molar-refractivity contribution in [1.29, 1.82) is 0 Å². The molecular formula is C8H16O4. The fourth-order valence-electron chi connectivity index (χ4n) is 1.45. The highest BCUT2D eigenvalue weighted by Crippen LogP contribution is 2.32. The van der Waals surface area contributed by atoms with Gasteiger partial charge in [-0.2, -0.15) is 0 Å². The third kappa shape index (κ3) is 1.35. The molecule has 1 saturated heterocycles. The van der Waals surface area contributed by atoms with E-state index in [1.165, 1.54) is 6.92 Å². The van der Waals surface area contributed by atoms with E-state index in [9.17, 15) is 15.3 Å². The smallest absolute Gasteiger partial charge is 0.160 e. The Morgan fingerprint density at radius 2 is 1.75 bits per heavy atom. The third-order valence-corrected chi connectivity index (χ3v) is 2.75. The molecule has 1 fully saturated rings. The topological polar surface area (TPSA) is 69.9 Å². The van der Waals surface area contributed by atoms with E-state index in [1.54, 1.807) is 13.8 Å². The average Bonchev–Trinajstić information content (AvgIpc) is 1.99. The van der Waals surface area contributed by atoms with Gasteiger partial charge in [0.05, 0.1) is 11.7 Å². The Balaban J connectivity index is 2.82. The molecule has 1 aliphatic rings. The molecule has 3 N–H and O–H groups in total. The Bertz CT molecular complexity index is 152. The minimum Gasteiger partial charge on any atom is -0.387 e. The summed E-state index contributed by atoms with van der Waals surface area (Å²) in [4.78, 5) is 0. The van der Waals surface area contributed by atoms with Gasteiger partial charge in [-0.3, -0.25) is 0 Å². The largest absolute Gasteiger partial charge is 0.387 e. The molecule has 0 aromatic rings. The number of ether oxygens (including phenoxy) is 1. The predicted molar refractivity (Wildman–Crippen MR) is 42.3 cm³/mol. The molecule has 1 heterocycles. The molecule has 1 rings (SSSR count). The minimum atomic E-state index is -1.28. The van der Waals surface area contributed by atoms with Gasteiger partial charge in [-0.05, 0) is 13.8 Å². The number of aliphatic hydroxyl groups is 3. The van der Waals surface area contributed by atoms with E-state index in [1.807, 2.05) is 0 Å². The molecule has 12 heavy (non-hydrogen) atoms. The van der Waals surface area contributed by atoms with Crippen molar-refractivity contribution in [3.05, 3.63) is 0 Å². The van der Waals surface area contributed by atoms with Crippen molar-refractivity contribution in [3.8, 4) is 0 Å². The average molecular weight is 176 g/mol. The van der Waals surface area contributed by atoms with Crippen molar-refractivity contribution in [2.75, 3.05) is 0 Å². The lowest BCUT2D eigenvalue weighted by Crippen LogP contribution is -2.60. The van der Waals surface area contributed by atoms with E-state index in [-0.39, 0.29) is 0 Å². The fourth-order valence-corrected chi connectivity index (χ4v) is 1.45. The second kappa shape index (κ2) is 2.96. The number of hydrogen-bond acceptors (Lipinski definition) is 4. The van der Waals surface area contributed by atoms with Crippen molar-refractivity contribution >= 4 is 0 Å². The lowest BCUT2D eigenvalue weighted by atomic mass is 9.80. The van der Waals surface area contributed by atoms with Crippen molar-refractivity contribution in [3.63, 3.8) is 0 Å². The maximum Gasteiger partial charge on any atom is 0.160 e. The first-order chi connectivity index (χ1) is 5.37. The molecule has 0 aromatic heterocycles. The Morgan fingerprint density at radius 3 is 2.25 bits per heavy atom. The second-order valence-corrected chi connectivity index (χ2v) is 3.69. The number of hydrogen-bond donors (Lipinski definition) is 3. The lowest BCUT2D eigenvalue weighted by molar-refractivity contribution is -0.287. The standard InChI is InChI=1S/C8H16O4/c1-4-7(10)12-5(2)6(9)8(4,3)11/h4-7,9-11H,1-3H3/t4-,5+,6+,7+,8+/m1/s1. The van der Waals surface area contributed by atoms with E-state index in [0.717, 1.165) is 0 Å². The number of rotatable bonds is 0. The highest BCUT2D eigenvalue weighted by molar-refractivity contribution is 4.94. The Kier molecular flexibility index (Phi) is 2.45. The van der Waals surface area contributed by atoms with Crippen LogP contribution >= 0.6 is 0 Å². The molecule has 72 valence electrons. The van der Waals surface area contributed by atoms with Gasteiger partial charge in [-0.15, -0.1) is 0 Å². The van der Waals surface area contributed by atoms with Crippen LogP contribution in [0.1, 0.15) is 20.8 Å².